The van der Waals surface area contributed by atoms with E-state index in [1.54, 1.807) is 4.90 Å². The van der Waals surface area contributed by atoms with Gasteiger partial charge in [0.05, 0.1) is 0 Å². The van der Waals surface area contributed by atoms with E-state index < -0.39 is 12.0 Å². The molecule has 1 saturated heterocycles. The first-order valence-electron chi connectivity index (χ1n) is 6.93. The molecule has 1 aliphatic heterocycles. The van der Waals surface area contributed by atoms with Gasteiger partial charge in [0.1, 0.15) is 6.04 Å². The van der Waals surface area contributed by atoms with E-state index in [1.165, 1.54) is 5.56 Å². The molecule has 4 nitrogen and oxygen atoms in total. The molecule has 0 aliphatic carbocycles. The van der Waals surface area contributed by atoms with Crippen molar-refractivity contribution in [1.29, 1.82) is 0 Å². The topological polar surface area (TPSA) is 52.6 Å². The summed E-state index contributed by atoms with van der Waals surface area (Å²) in [6.45, 7) is 4.83. The summed E-state index contributed by atoms with van der Waals surface area (Å²) in [5.41, 5.74) is 3.33. The molecular weight excluding hydrogens is 272 g/mol. The van der Waals surface area contributed by atoms with Crippen molar-refractivity contribution >= 4 is 29.0 Å². The molecule has 1 heterocycles. The summed E-state index contributed by atoms with van der Waals surface area (Å²) >= 11 is 5.41. The second-order valence-corrected chi connectivity index (χ2v) is 5.47. The Morgan fingerprint density at radius 3 is 2.95 bits per heavy atom. The third-order valence-electron chi connectivity index (χ3n) is 3.77. The Kier molecular flexibility index (Phi) is 4.60. The van der Waals surface area contributed by atoms with Gasteiger partial charge in [0.25, 0.3) is 0 Å². The molecule has 1 fully saturated rings. The van der Waals surface area contributed by atoms with E-state index in [0.29, 0.717) is 18.1 Å². The van der Waals surface area contributed by atoms with Gasteiger partial charge in [0, 0.05) is 12.2 Å². The monoisotopic (exact) mass is 292 g/mol. The van der Waals surface area contributed by atoms with Crippen LogP contribution in [0, 0.1) is 6.92 Å². The standard InChI is InChI=1S/C15H20N2O2S/c1-3-11-7-4-6-10(2)13(11)16-15(20)17-9-5-8-12(17)14(18)19/h4,6-7,12H,3,5,8-9H2,1-2H3,(H,16,20)(H,18,19)/t12-/m0/s1. The number of carbonyl (C=O) groups is 1. The van der Waals surface area contributed by atoms with Gasteiger partial charge in [0.15, 0.2) is 5.11 Å². The number of carboxylic acid groups (broad SMARTS) is 1. The quantitative estimate of drug-likeness (QED) is 0.839. The Balaban J connectivity index is 2.18. The number of rotatable bonds is 3. The molecule has 1 aromatic rings. The zero-order valence-electron chi connectivity index (χ0n) is 11.8. The summed E-state index contributed by atoms with van der Waals surface area (Å²) in [4.78, 5) is 13.0. The molecule has 0 saturated carbocycles. The average Bonchev–Trinajstić information content (AvgIpc) is 2.90. The third-order valence-corrected chi connectivity index (χ3v) is 4.11. The second kappa shape index (κ2) is 6.22. The van der Waals surface area contributed by atoms with Crippen molar-refractivity contribution in [2.45, 2.75) is 39.2 Å². The maximum atomic E-state index is 11.2. The molecule has 1 atom stereocenters. The number of para-hydroxylation sites is 1. The highest BCUT2D eigenvalue weighted by Gasteiger charge is 2.32. The fraction of sp³-hybridized carbons (Fsp3) is 0.467. The van der Waals surface area contributed by atoms with Crippen molar-refractivity contribution in [3.63, 3.8) is 0 Å². The van der Waals surface area contributed by atoms with Gasteiger partial charge in [0.2, 0.25) is 0 Å². The summed E-state index contributed by atoms with van der Waals surface area (Å²) in [6, 6.07) is 5.63. The van der Waals surface area contributed by atoms with E-state index in [4.69, 9.17) is 12.2 Å². The van der Waals surface area contributed by atoms with Crippen LogP contribution < -0.4 is 5.32 Å². The fourth-order valence-electron chi connectivity index (χ4n) is 2.65. The summed E-state index contributed by atoms with van der Waals surface area (Å²) in [7, 11) is 0. The van der Waals surface area contributed by atoms with Crippen LogP contribution in [0.15, 0.2) is 18.2 Å². The van der Waals surface area contributed by atoms with Crippen LogP contribution in [0.2, 0.25) is 0 Å². The number of aliphatic carboxylic acids is 1. The molecule has 0 aromatic heterocycles. The first-order valence-corrected chi connectivity index (χ1v) is 7.34. The summed E-state index contributed by atoms with van der Waals surface area (Å²) in [5, 5.41) is 13.0. The summed E-state index contributed by atoms with van der Waals surface area (Å²) in [6.07, 6.45) is 2.44. The van der Waals surface area contributed by atoms with E-state index in [9.17, 15) is 9.90 Å². The SMILES string of the molecule is CCc1cccc(C)c1NC(=S)N1CCC[C@H]1C(=O)O. The van der Waals surface area contributed by atoms with Crippen LogP contribution in [0.5, 0.6) is 0 Å². The molecule has 108 valence electrons. The van der Waals surface area contributed by atoms with Gasteiger partial charge in [-0.15, -0.1) is 0 Å². The molecular formula is C15H20N2O2S. The molecule has 0 radical (unpaired) electrons. The number of nitrogens with zero attached hydrogens (tertiary/aromatic N) is 1. The van der Waals surface area contributed by atoms with Crippen molar-refractivity contribution in [3.8, 4) is 0 Å². The second-order valence-electron chi connectivity index (χ2n) is 5.08. The van der Waals surface area contributed by atoms with E-state index in [0.717, 1.165) is 24.1 Å². The molecule has 5 heteroatoms. The fourth-order valence-corrected chi connectivity index (χ4v) is 2.97. The van der Waals surface area contributed by atoms with Crippen LogP contribution in [-0.2, 0) is 11.2 Å². The lowest BCUT2D eigenvalue weighted by Gasteiger charge is -2.26. The normalized spacial score (nSPS) is 18.1. The summed E-state index contributed by atoms with van der Waals surface area (Å²) in [5.74, 6) is -0.799. The number of hydrogen-bond donors (Lipinski definition) is 2. The van der Waals surface area contributed by atoms with Crippen LogP contribution in [0.25, 0.3) is 0 Å². The Bertz CT molecular complexity index is 531. The van der Waals surface area contributed by atoms with Crippen LogP contribution >= 0.6 is 12.2 Å². The highest BCUT2D eigenvalue weighted by atomic mass is 32.1. The highest BCUT2D eigenvalue weighted by molar-refractivity contribution is 7.80. The lowest BCUT2D eigenvalue weighted by atomic mass is 10.1. The van der Waals surface area contributed by atoms with E-state index in [1.807, 2.05) is 19.1 Å². The minimum absolute atomic E-state index is 0.496. The number of hydrogen-bond acceptors (Lipinski definition) is 2. The number of likely N-dealkylation sites (tertiary alicyclic amines) is 1. The lowest BCUT2D eigenvalue weighted by molar-refractivity contribution is -0.140. The smallest absolute Gasteiger partial charge is 0.326 e. The zero-order chi connectivity index (χ0) is 14.7. The molecule has 0 bridgehead atoms. The molecule has 20 heavy (non-hydrogen) atoms. The first-order chi connectivity index (χ1) is 9.54. The Labute approximate surface area is 124 Å². The minimum Gasteiger partial charge on any atom is -0.480 e. The molecule has 1 aromatic carbocycles. The number of benzene rings is 1. The Morgan fingerprint density at radius 1 is 1.55 bits per heavy atom. The predicted molar refractivity (Wildman–Crippen MR) is 84.1 cm³/mol. The largest absolute Gasteiger partial charge is 0.480 e. The van der Waals surface area contributed by atoms with Gasteiger partial charge in [-0.2, -0.15) is 0 Å². The van der Waals surface area contributed by atoms with Crippen LogP contribution in [0.4, 0.5) is 5.69 Å². The average molecular weight is 292 g/mol. The zero-order valence-corrected chi connectivity index (χ0v) is 12.7. The maximum Gasteiger partial charge on any atom is 0.326 e. The summed E-state index contributed by atoms with van der Waals surface area (Å²) < 4.78 is 0. The Morgan fingerprint density at radius 2 is 2.30 bits per heavy atom. The third kappa shape index (κ3) is 2.93. The number of thiocarbonyl (C=S) groups is 1. The van der Waals surface area contributed by atoms with E-state index in [2.05, 4.69) is 18.3 Å². The maximum absolute atomic E-state index is 11.2. The molecule has 0 amide bonds. The van der Waals surface area contributed by atoms with Gasteiger partial charge in [-0.05, 0) is 49.5 Å². The van der Waals surface area contributed by atoms with Crippen molar-refractivity contribution < 1.29 is 9.90 Å². The van der Waals surface area contributed by atoms with Crippen LogP contribution in [-0.4, -0.2) is 33.7 Å². The Hall–Kier alpha value is -1.62. The van der Waals surface area contributed by atoms with Crippen LogP contribution in [0.3, 0.4) is 0 Å². The molecule has 1 aliphatic rings. The first kappa shape index (κ1) is 14.8. The number of aryl methyl sites for hydroxylation is 2. The lowest BCUT2D eigenvalue weighted by Crippen LogP contribution is -2.42. The molecule has 0 unspecified atom stereocenters. The minimum atomic E-state index is -0.799. The van der Waals surface area contributed by atoms with Crippen molar-refractivity contribution in [2.75, 3.05) is 11.9 Å². The van der Waals surface area contributed by atoms with Gasteiger partial charge < -0.3 is 15.3 Å². The van der Waals surface area contributed by atoms with Crippen LogP contribution in [0.1, 0.15) is 30.9 Å². The van der Waals surface area contributed by atoms with Gasteiger partial charge in [-0.25, -0.2) is 4.79 Å². The van der Waals surface area contributed by atoms with E-state index in [-0.39, 0.29) is 0 Å². The van der Waals surface area contributed by atoms with Crippen molar-refractivity contribution in [1.82, 2.24) is 4.90 Å². The van der Waals surface area contributed by atoms with Crippen molar-refractivity contribution in [3.05, 3.63) is 29.3 Å². The highest BCUT2D eigenvalue weighted by Crippen LogP contribution is 2.24. The number of carboxylic acids is 1. The van der Waals surface area contributed by atoms with Crippen molar-refractivity contribution in [2.24, 2.45) is 0 Å². The van der Waals surface area contributed by atoms with E-state index >= 15 is 0 Å². The van der Waals surface area contributed by atoms with Gasteiger partial charge in [-0.3, -0.25) is 0 Å². The molecule has 2 rings (SSSR count). The molecule has 2 N–H and O–H groups in total. The van der Waals surface area contributed by atoms with Gasteiger partial charge in [-0.1, -0.05) is 25.1 Å². The predicted octanol–water partition coefficient (Wildman–Crippen LogP) is 2.80. The number of nitrogens with one attached hydrogen (secondary N) is 1. The number of anilines is 1. The van der Waals surface area contributed by atoms with Gasteiger partial charge >= 0.3 is 5.97 Å². The molecule has 0 spiro atoms.